The van der Waals surface area contributed by atoms with Crippen LogP contribution in [0.15, 0.2) is 29.8 Å². The molecule has 0 saturated heterocycles. The minimum atomic E-state index is -0.123. The van der Waals surface area contributed by atoms with Crippen molar-refractivity contribution in [3.05, 3.63) is 35.5 Å². The highest BCUT2D eigenvalue weighted by Gasteiger charge is 2.24. The molecule has 0 aromatic carbocycles. The van der Waals surface area contributed by atoms with Gasteiger partial charge in [0.05, 0.1) is 17.5 Å². The number of rotatable bonds is 5. The Labute approximate surface area is 122 Å². The molecule has 0 amide bonds. The van der Waals surface area contributed by atoms with Gasteiger partial charge in [-0.3, -0.25) is 4.98 Å². The van der Waals surface area contributed by atoms with Crippen LogP contribution in [0.1, 0.15) is 25.0 Å². The molecule has 0 radical (unpaired) electrons. The average Bonchev–Trinajstić information content (AvgIpc) is 3.10. The minimum absolute atomic E-state index is 0.123. The first kappa shape index (κ1) is 13.7. The Bertz CT molecular complexity index is 543. The Morgan fingerprint density at radius 3 is 3.05 bits per heavy atom. The quantitative estimate of drug-likeness (QED) is 0.887. The Balaban J connectivity index is 1.53. The molecule has 3 rings (SSSR count). The Morgan fingerprint density at radius 2 is 2.30 bits per heavy atom. The summed E-state index contributed by atoms with van der Waals surface area (Å²) in [4.78, 5) is 8.90. The number of pyridine rings is 1. The van der Waals surface area contributed by atoms with Crippen LogP contribution in [0.25, 0.3) is 10.7 Å². The van der Waals surface area contributed by atoms with E-state index >= 15 is 0 Å². The second-order valence-electron chi connectivity index (χ2n) is 5.25. The molecule has 2 aromatic rings. The number of thiazole rings is 1. The maximum Gasteiger partial charge on any atom is 0.142 e. The molecule has 1 aliphatic carbocycles. The fourth-order valence-corrected chi connectivity index (χ4v) is 3.43. The second kappa shape index (κ2) is 6.43. The summed E-state index contributed by atoms with van der Waals surface area (Å²) in [5.41, 5.74) is 1.97. The first-order valence-electron chi connectivity index (χ1n) is 7.07. The van der Waals surface area contributed by atoms with Gasteiger partial charge in [-0.1, -0.05) is 12.5 Å². The zero-order chi connectivity index (χ0) is 13.8. The van der Waals surface area contributed by atoms with E-state index in [0.717, 1.165) is 48.7 Å². The van der Waals surface area contributed by atoms with Crippen molar-refractivity contribution in [3.8, 4) is 10.7 Å². The molecule has 106 valence electrons. The molecule has 2 heterocycles. The zero-order valence-electron chi connectivity index (χ0n) is 11.3. The van der Waals surface area contributed by atoms with Gasteiger partial charge in [0.2, 0.25) is 0 Å². The Kier molecular flexibility index (Phi) is 4.40. The van der Waals surface area contributed by atoms with Gasteiger partial charge in [0, 0.05) is 24.7 Å². The van der Waals surface area contributed by atoms with E-state index in [2.05, 4.69) is 20.7 Å². The van der Waals surface area contributed by atoms with Crippen LogP contribution in [0.2, 0.25) is 0 Å². The molecule has 1 saturated carbocycles. The predicted molar refractivity (Wildman–Crippen MR) is 80.4 cm³/mol. The van der Waals surface area contributed by atoms with Gasteiger partial charge < -0.3 is 10.4 Å². The lowest BCUT2D eigenvalue weighted by Crippen LogP contribution is -2.27. The molecule has 2 atom stereocenters. The van der Waals surface area contributed by atoms with Crippen LogP contribution in [0.3, 0.4) is 0 Å². The number of aliphatic hydroxyl groups excluding tert-OH is 1. The fraction of sp³-hybridized carbons (Fsp3) is 0.467. The van der Waals surface area contributed by atoms with E-state index in [9.17, 15) is 5.11 Å². The standard InChI is InChI=1S/C15H19N3OS/c19-14-6-3-4-11(14)8-16-9-12-10-20-15(18-12)13-5-1-2-7-17-13/h1-2,5,7,10-11,14,16,19H,3-4,6,8-9H2. The largest absolute Gasteiger partial charge is 0.393 e. The third-order valence-corrected chi connectivity index (χ3v) is 4.68. The molecular weight excluding hydrogens is 270 g/mol. The molecule has 0 spiro atoms. The van der Waals surface area contributed by atoms with Crippen LogP contribution < -0.4 is 5.32 Å². The van der Waals surface area contributed by atoms with Gasteiger partial charge in [0.1, 0.15) is 5.01 Å². The van der Waals surface area contributed by atoms with Crippen molar-refractivity contribution in [3.63, 3.8) is 0 Å². The summed E-state index contributed by atoms with van der Waals surface area (Å²) >= 11 is 1.62. The summed E-state index contributed by atoms with van der Waals surface area (Å²) in [6, 6.07) is 5.86. The van der Waals surface area contributed by atoms with Crippen molar-refractivity contribution in [2.75, 3.05) is 6.54 Å². The maximum atomic E-state index is 9.78. The number of aromatic nitrogens is 2. The number of hydrogen-bond donors (Lipinski definition) is 2. The van der Waals surface area contributed by atoms with Crippen molar-refractivity contribution in [2.45, 2.75) is 31.9 Å². The summed E-state index contributed by atoms with van der Waals surface area (Å²) in [6.45, 7) is 1.63. The topological polar surface area (TPSA) is 58.0 Å². The molecule has 20 heavy (non-hydrogen) atoms. The molecular formula is C15H19N3OS. The van der Waals surface area contributed by atoms with E-state index in [1.165, 1.54) is 0 Å². The van der Waals surface area contributed by atoms with Crippen molar-refractivity contribution in [1.29, 1.82) is 0 Å². The first-order chi connectivity index (χ1) is 9.83. The number of hydrogen-bond acceptors (Lipinski definition) is 5. The van der Waals surface area contributed by atoms with Gasteiger partial charge in [-0.15, -0.1) is 11.3 Å². The third-order valence-electron chi connectivity index (χ3n) is 3.77. The van der Waals surface area contributed by atoms with Gasteiger partial charge >= 0.3 is 0 Å². The van der Waals surface area contributed by atoms with Crippen LogP contribution >= 0.6 is 11.3 Å². The van der Waals surface area contributed by atoms with Gasteiger partial charge in [0.25, 0.3) is 0 Å². The predicted octanol–water partition coefficient (Wildman–Crippen LogP) is 2.46. The van der Waals surface area contributed by atoms with E-state index in [4.69, 9.17) is 0 Å². The second-order valence-corrected chi connectivity index (χ2v) is 6.11. The monoisotopic (exact) mass is 289 g/mol. The lowest BCUT2D eigenvalue weighted by atomic mass is 10.1. The number of aliphatic hydroxyl groups is 1. The van der Waals surface area contributed by atoms with Crippen LogP contribution in [-0.4, -0.2) is 27.7 Å². The van der Waals surface area contributed by atoms with Crippen molar-refractivity contribution >= 4 is 11.3 Å². The molecule has 4 nitrogen and oxygen atoms in total. The fourth-order valence-electron chi connectivity index (χ4n) is 2.64. The molecule has 0 bridgehead atoms. The van der Waals surface area contributed by atoms with Gasteiger partial charge in [-0.25, -0.2) is 4.98 Å². The SMILES string of the molecule is OC1CCCC1CNCc1csc(-c2ccccn2)n1. The number of nitrogens with zero attached hydrogens (tertiary/aromatic N) is 2. The van der Waals surface area contributed by atoms with E-state index in [-0.39, 0.29) is 6.10 Å². The Morgan fingerprint density at radius 1 is 1.35 bits per heavy atom. The van der Waals surface area contributed by atoms with Gasteiger partial charge in [0.15, 0.2) is 0 Å². The highest BCUT2D eigenvalue weighted by molar-refractivity contribution is 7.13. The summed E-state index contributed by atoms with van der Waals surface area (Å²) in [6.07, 6.45) is 4.89. The molecule has 1 fully saturated rings. The molecule has 2 unspecified atom stereocenters. The lowest BCUT2D eigenvalue weighted by molar-refractivity contribution is 0.131. The normalized spacial score (nSPS) is 22.2. The molecule has 0 aliphatic heterocycles. The highest BCUT2D eigenvalue weighted by atomic mass is 32.1. The lowest BCUT2D eigenvalue weighted by Gasteiger charge is -2.14. The minimum Gasteiger partial charge on any atom is -0.393 e. The average molecular weight is 289 g/mol. The zero-order valence-corrected chi connectivity index (χ0v) is 12.1. The van der Waals surface area contributed by atoms with Crippen molar-refractivity contribution < 1.29 is 5.11 Å². The number of nitrogens with one attached hydrogen (secondary N) is 1. The van der Waals surface area contributed by atoms with E-state index < -0.39 is 0 Å². The van der Waals surface area contributed by atoms with Crippen LogP contribution in [0.5, 0.6) is 0 Å². The van der Waals surface area contributed by atoms with E-state index in [0.29, 0.717) is 5.92 Å². The van der Waals surface area contributed by atoms with Gasteiger partial charge in [-0.2, -0.15) is 0 Å². The van der Waals surface area contributed by atoms with Crippen LogP contribution in [-0.2, 0) is 6.54 Å². The smallest absolute Gasteiger partial charge is 0.142 e. The third kappa shape index (κ3) is 3.23. The van der Waals surface area contributed by atoms with Crippen molar-refractivity contribution in [1.82, 2.24) is 15.3 Å². The van der Waals surface area contributed by atoms with E-state index in [1.54, 1.807) is 17.5 Å². The summed E-state index contributed by atoms with van der Waals surface area (Å²) in [5.74, 6) is 0.406. The molecule has 1 aliphatic rings. The summed E-state index contributed by atoms with van der Waals surface area (Å²) in [7, 11) is 0. The summed E-state index contributed by atoms with van der Waals surface area (Å²) in [5, 5.41) is 16.2. The van der Waals surface area contributed by atoms with Gasteiger partial charge in [-0.05, 0) is 30.9 Å². The maximum absolute atomic E-state index is 9.78. The van der Waals surface area contributed by atoms with Crippen LogP contribution in [0.4, 0.5) is 0 Å². The van der Waals surface area contributed by atoms with Crippen molar-refractivity contribution in [2.24, 2.45) is 5.92 Å². The summed E-state index contributed by atoms with van der Waals surface area (Å²) < 4.78 is 0. The van der Waals surface area contributed by atoms with E-state index in [1.807, 2.05) is 18.2 Å². The van der Waals surface area contributed by atoms with Crippen LogP contribution in [0, 0.1) is 5.92 Å². The first-order valence-corrected chi connectivity index (χ1v) is 7.95. The highest BCUT2D eigenvalue weighted by Crippen LogP contribution is 2.25. The Hall–Kier alpha value is -1.30. The molecule has 2 aromatic heterocycles. The molecule has 5 heteroatoms. The molecule has 2 N–H and O–H groups in total.